The highest BCUT2D eigenvalue weighted by atomic mass is 28.3. The van der Waals surface area contributed by atoms with Crippen molar-refractivity contribution in [1.82, 2.24) is 0 Å². The molecule has 49 heavy (non-hydrogen) atoms. The summed E-state index contributed by atoms with van der Waals surface area (Å²) in [7, 11) is -1.86. The summed E-state index contributed by atoms with van der Waals surface area (Å²) in [6, 6.07) is 35.4. The van der Waals surface area contributed by atoms with E-state index in [9.17, 15) is 0 Å². The maximum atomic E-state index is 6.06. The molecular weight excluding hydrogens is 613 g/mol. The zero-order valence-corrected chi connectivity index (χ0v) is 33.0. The Labute approximate surface area is 298 Å². The first kappa shape index (κ1) is 35.8. The fourth-order valence-corrected chi connectivity index (χ4v) is 16.4. The molecule has 0 spiro atoms. The zero-order valence-electron chi connectivity index (χ0n) is 32.0. The second kappa shape index (κ2) is 14.0. The van der Waals surface area contributed by atoms with Crippen molar-refractivity contribution in [3.63, 3.8) is 0 Å². The van der Waals surface area contributed by atoms with Crippen LogP contribution in [0.3, 0.4) is 0 Å². The first-order valence-corrected chi connectivity index (χ1v) is 21.5. The molecule has 3 heteroatoms. The van der Waals surface area contributed by atoms with E-state index in [2.05, 4.69) is 154 Å². The van der Waals surface area contributed by atoms with Crippen molar-refractivity contribution in [3.8, 4) is 22.3 Å². The summed E-state index contributed by atoms with van der Waals surface area (Å²) in [5, 5.41) is 0. The van der Waals surface area contributed by atoms with Crippen LogP contribution < -0.4 is 0 Å². The second-order valence-corrected chi connectivity index (χ2v) is 22.3. The first-order chi connectivity index (χ1) is 23.2. The molecule has 2 aliphatic carbocycles. The maximum Gasteiger partial charge on any atom is 0.0724 e. The normalized spacial score (nSPS) is 20.8. The standard InChI is InChI=1S/C46H60O2Si/c1-11-49(12-2,43-31(3)27-41-37(15-13-17-39(41)43)35-23-19-33(20-24-35)29-47-45(5,6)7)44-32(4)28-42-38(16-14-18-40(42)44)36-25-21-34(22-26-36)30-48-46(8,9)10/h13-26,31-32,43-44H,11-12,27-30H2,1-10H3. The van der Waals surface area contributed by atoms with Gasteiger partial charge < -0.3 is 9.47 Å². The highest BCUT2D eigenvalue weighted by Crippen LogP contribution is 2.58. The van der Waals surface area contributed by atoms with Crippen LogP contribution in [0.1, 0.15) is 114 Å². The number of hydrogen-bond donors (Lipinski definition) is 0. The van der Waals surface area contributed by atoms with Crippen LogP contribution >= 0.6 is 0 Å². The molecule has 4 aromatic rings. The average molecular weight is 673 g/mol. The van der Waals surface area contributed by atoms with Crippen molar-refractivity contribution >= 4 is 8.07 Å². The van der Waals surface area contributed by atoms with Gasteiger partial charge in [0.05, 0.1) is 32.5 Å². The van der Waals surface area contributed by atoms with Gasteiger partial charge in [-0.25, -0.2) is 0 Å². The van der Waals surface area contributed by atoms with E-state index < -0.39 is 8.07 Å². The Hall–Kier alpha value is -2.98. The van der Waals surface area contributed by atoms with Crippen LogP contribution in [-0.4, -0.2) is 19.3 Å². The van der Waals surface area contributed by atoms with E-state index in [1.807, 2.05) is 0 Å². The minimum absolute atomic E-state index is 0.134. The molecule has 0 saturated carbocycles. The number of hydrogen-bond acceptors (Lipinski definition) is 2. The fourth-order valence-electron chi connectivity index (χ4n) is 9.52. The Morgan fingerprint density at radius 3 is 1.24 bits per heavy atom. The molecule has 0 bridgehead atoms. The third kappa shape index (κ3) is 7.27. The van der Waals surface area contributed by atoms with Crippen molar-refractivity contribution in [2.24, 2.45) is 11.8 Å². The van der Waals surface area contributed by atoms with Gasteiger partial charge in [-0.1, -0.05) is 125 Å². The Morgan fingerprint density at radius 2 is 0.918 bits per heavy atom. The Kier molecular flexibility index (Phi) is 10.2. The van der Waals surface area contributed by atoms with Crippen LogP contribution in [0.5, 0.6) is 0 Å². The van der Waals surface area contributed by atoms with Crippen LogP contribution in [0.2, 0.25) is 12.1 Å². The number of fused-ring (bicyclic) bond motifs is 2. The minimum Gasteiger partial charge on any atom is -0.371 e. The molecule has 0 radical (unpaired) electrons. The number of rotatable bonds is 10. The summed E-state index contributed by atoms with van der Waals surface area (Å²) in [4.78, 5) is 0. The molecule has 0 saturated heterocycles. The van der Waals surface area contributed by atoms with Gasteiger partial charge >= 0.3 is 0 Å². The topological polar surface area (TPSA) is 18.5 Å². The van der Waals surface area contributed by atoms with Gasteiger partial charge in [-0.05, 0) is 133 Å². The summed E-state index contributed by atoms with van der Waals surface area (Å²) < 4.78 is 12.1. The SMILES string of the molecule is CC[Si](CC)(C1c2cccc(-c3ccc(COC(C)(C)C)cc3)c2CC1C)C1c2cccc(-c3ccc(COC(C)(C)C)cc3)c2CC1C. The van der Waals surface area contributed by atoms with Gasteiger partial charge in [-0.15, -0.1) is 0 Å². The Balaban J connectivity index is 1.33. The minimum atomic E-state index is -1.86. The lowest BCUT2D eigenvalue weighted by atomic mass is 9.96. The third-order valence-corrected chi connectivity index (χ3v) is 18.6. The van der Waals surface area contributed by atoms with E-state index >= 15 is 0 Å². The van der Waals surface area contributed by atoms with Crippen molar-refractivity contribution in [2.45, 2.75) is 130 Å². The molecule has 4 aromatic carbocycles. The lowest BCUT2D eigenvalue weighted by Crippen LogP contribution is -2.49. The molecule has 4 atom stereocenters. The Bertz CT molecular complexity index is 1610. The molecule has 0 fully saturated rings. The summed E-state index contributed by atoms with van der Waals surface area (Å²) >= 11 is 0. The molecule has 260 valence electrons. The monoisotopic (exact) mass is 672 g/mol. The van der Waals surface area contributed by atoms with Crippen molar-refractivity contribution in [2.75, 3.05) is 0 Å². The van der Waals surface area contributed by atoms with E-state index in [1.165, 1.54) is 58.3 Å². The van der Waals surface area contributed by atoms with Gasteiger partial charge in [-0.3, -0.25) is 0 Å². The molecule has 4 unspecified atom stereocenters. The van der Waals surface area contributed by atoms with E-state index in [0.29, 0.717) is 36.1 Å². The first-order valence-electron chi connectivity index (χ1n) is 18.9. The molecule has 0 aliphatic heterocycles. The summed E-state index contributed by atoms with van der Waals surface area (Å²) in [5.41, 5.74) is 15.6. The van der Waals surface area contributed by atoms with Gasteiger partial charge in [0.15, 0.2) is 0 Å². The fraction of sp³-hybridized carbons (Fsp3) is 0.478. The molecular formula is C46H60O2Si. The second-order valence-electron chi connectivity index (χ2n) is 17.2. The predicted molar refractivity (Wildman–Crippen MR) is 211 cm³/mol. The average Bonchev–Trinajstić information content (AvgIpc) is 3.60. The van der Waals surface area contributed by atoms with Crippen LogP contribution in [0.25, 0.3) is 22.3 Å². The van der Waals surface area contributed by atoms with E-state index in [0.717, 1.165) is 0 Å². The van der Waals surface area contributed by atoms with Crippen LogP contribution in [0.4, 0.5) is 0 Å². The van der Waals surface area contributed by atoms with E-state index in [-0.39, 0.29) is 11.2 Å². The smallest absolute Gasteiger partial charge is 0.0724 e. The third-order valence-electron chi connectivity index (χ3n) is 11.7. The molecule has 6 rings (SSSR count). The predicted octanol–water partition coefficient (Wildman–Crippen LogP) is 12.5. The zero-order chi connectivity index (χ0) is 35.1. The van der Waals surface area contributed by atoms with E-state index in [1.54, 1.807) is 22.3 Å². The van der Waals surface area contributed by atoms with Crippen molar-refractivity contribution in [3.05, 3.63) is 118 Å². The van der Waals surface area contributed by atoms with Gasteiger partial charge in [-0.2, -0.15) is 0 Å². The molecule has 2 aliphatic rings. The van der Waals surface area contributed by atoms with E-state index in [4.69, 9.17) is 9.47 Å². The number of ether oxygens (including phenoxy) is 2. The van der Waals surface area contributed by atoms with Gasteiger partial charge in [0, 0.05) is 0 Å². The van der Waals surface area contributed by atoms with Gasteiger partial charge in [0.25, 0.3) is 0 Å². The van der Waals surface area contributed by atoms with Crippen molar-refractivity contribution < 1.29 is 9.47 Å². The molecule has 0 amide bonds. The van der Waals surface area contributed by atoms with Crippen LogP contribution in [0.15, 0.2) is 84.9 Å². The van der Waals surface area contributed by atoms with Gasteiger partial charge in [0.1, 0.15) is 0 Å². The highest BCUT2D eigenvalue weighted by molar-refractivity contribution is 6.82. The molecule has 0 N–H and O–H groups in total. The maximum absolute atomic E-state index is 6.06. The molecule has 0 aromatic heterocycles. The highest BCUT2D eigenvalue weighted by Gasteiger charge is 2.54. The largest absolute Gasteiger partial charge is 0.371 e. The van der Waals surface area contributed by atoms with Crippen molar-refractivity contribution in [1.29, 1.82) is 0 Å². The quantitative estimate of drug-likeness (QED) is 0.156. The van der Waals surface area contributed by atoms with Crippen LogP contribution in [0, 0.1) is 11.8 Å². The van der Waals surface area contributed by atoms with Gasteiger partial charge in [0.2, 0.25) is 0 Å². The lowest BCUT2D eigenvalue weighted by Gasteiger charge is -2.46. The molecule has 2 nitrogen and oxygen atoms in total. The lowest BCUT2D eigenvalue weighted by molar-refractivity contribution is -0.0152. The number of benzene rings is 4. The summed E-state index contributed by atoms with van der Waals surface area (Å²) in [6.45, 7) is 24.2. The Morgan fingerprint density at radius 1 is 0.551 bits per heavy atom. The summed E-state index contributed by atoms with van der Waals surface area (Å²) in [5.74, 6) is 1.31. The summed E-state index contributed by atoms with van der Waals surface area (Å²) in [6.07, 6.45) is 2.36. The molecule has 0 heterocycles. The van der Waals surface area contributed by atoms with Crippen LogP contribution in [-0.2, 0) is 35.5 Å².